The van der Waals surface area contributed by atoms with Gasteiger partial charge in [0.25, 0.3) is 0 Å². The van der Waals surface area contributed by atoms with Crippen LogP contribution in [0.5, 0.6) is 0 Å². The Bertz CT molecular complexity index is 533. The second kappa shape index (κ2) is 5.71. The summed E-state index contributed by atoms with van der Waals surface area (Å²) in [5.41, 5.74) is 0. The average molecular weight is 293 g/mol. The lowest BCUT2D eigenvalue weighted by Crippen LogP contribution is -2.37. The molecule has 114 valence electrons. The van der Waals surface area contributed by atoms with E-state index in [0.29, 0.717) is 25.2 Å². The van der Waals surface area contributed by atoms with E-state index in [0.717, 1.165) is 31.6 Å². The van der Waals surface area contributed by atoms with Crippen LogP contribution in [-0.4, -0.2) is 37.9 Å². The van der Waals surface area contributed by atoms with Crippen molar-refractivity contribution in [2.45, 2.75) is 51.1 Å². The zero-order chi connectivity index (χ0) is 14.8. The van der Waals surface area contributed by atoms with Gasteiger partial charge in [-0.2, -0.15) is 4.98 Å². The number of hydrogen-bond donors (Lipinski definition) is 3. The van der Waals surface area contributed by atoms with Gasteiger partial charge in [-0.1, -0.05) is 0 Å². The third-order valence-corrected chi connectivity index (χ3v) is 4.11. The van der Waals surface area contributed by atoms with Crippen LogP contribution >= 0.6 is 0 Å². The number of rotatable bonds is 3. The lowest BCUT2D eigenvalue weighted by atomic mass is 10.1. The number of aromatic nitrogens is 3. The van der Waals surface area contributed by atoms with Crippen LogP contribution < -0.4 is 10.6 Å². The molecule has 0 aromatic carbocycles. The van der Waals surface area contributed by atoms with E-state index in [1.165, 1.54) is 0 Å². The molecule has 0 saturated heterocycles. The van der Waals surface area contributed by atoms with Gasteiger partial charge in [-0.15, -0.1) is 5.10 Å². The van der Waals surface area contributed by atoms with E-state index in [-0.39, 0.29) is 18.0 Å². The number of carboxylic acid groups (broad SMARTS) is 1. The number of carboxylic acids is 1. The van der Waals surface area contributed by atoms with Crippen molar-refractivity contribution >= 4 is 17.9 Å². The van der Waals surface area contributed by atoms with E-state index in [9.17, 15) is 9.59 Å². The fourth-order valence-corrected chi connectivity index (χ4v) is 3.00. The molecule has 2 atom stereocenters. The summed E-state index contributed by atoms with van der Waals surface area (Å²) >= 11 is 0. The Labute approximate surface area is 121 Å². The predicted octanol–water partition coefficient (Wildman–Crippen LogP) is 0.989. The molecule has 2 heterocycles. The number of carbonyl (C=O) groups is 2. The molecular weight excluding hydrogens is 274 g/mol. The van der Waals surface area contributed by atoms with Crippen molar-refractivity contribution in [1.29, 1.82) is 0 Å². The fraction of sp³-hybridized carbons (Fsp3) is 0.692. The first kappa shape index (κ1) is 13.8. The summed E-state index contributed by atoms with van der Waals surface area (Å²) in [4.78, 5) is 27.1. The molecule has 8 nitrogen and oxygen atoms in total. The minimum atomic E-state index is -0.789. The topological polar surface area (TPSA) is 109 Å². The highest BCUT2D eigenvalue weighted by atomic mass is 16.4. The van der Waals surface area contributed by atoms with Crippen LogP contribution in [0.2, 0.25) is 0 Å². The highest BCUT2D eigenvalue weighted by Crippen LogP contribution is 2.25. The molecule has 1 aromatic rings. The number of urea groups is 1. The van der Waals surface area contributed by atoms with Crippen LogP contribution in [0.25, 0.3) is 0 Å². The standard InChI is InChI=1S/C13H19N5O3/c19-11(20)8-4-5-9(7-8)14-13(21)16-12-15-10-3-1-2-6-18(10)17-12/h8-9H,1-7H2,(H,19,20)(H2,14,16,17,21)/t8-,9+/m1/s1. The van der Waals surface area contributed by atoms with Crippen molar-refractivity contribution < 1.29 is 14.7 Å². The van der Waals surface area contributed by atoms with Gasteiger partial charge in [0.1, 0.15) is 5.82 Å². The Morgan fingerprint density at radius 2 is 2.14 bits per heavy atom. The van der Waals surface area contributed by atoms with E-state index < -0.39 is 5.97 Å². The summed E-state index contributed by atoms with van der Waals surface area (Å²) in [6.07, 6.45) is 4.85. The number of aliphatic carboxylic acids is 1. The number of hydrogen-bond acceptors (Lipinski definition) is 4. The Morgan fingerprint density at radius 3 is 2.86 bits per heavy atom. The molecule has 3 rings (SSSR count). The van der Waals surface area contributed by atoms with Crippen LogP contribution in [0, 0.1) is 5.92 Å². The van der Waals surface area contributed by atoms with Gasteiger partial charge in [0, 0.05) is 19.0 Å². The maximum atomic E-state index is 11.9. The number of carbonyl (C=O) groups excluding carboxylic acids is 1. The molecule has 1 saturated carbocycles. The van der Waals surface area contributed by atoms with Crippen LogP contribution in [-0.2, 0) is 17.8 Å². The second-order valence-electron chi connectivity index (χ2n) is 5.68. The molecule has 0 spiro atoms. The van der Waals surface area contributed by atoms with Gasteiger partial charge in [-0.05, 0) is 32.1 Å². The molecule has 1 aliphatic heterocycles. The number of nitrogens with zero attached hydrogens (tertiary/aromatic N) is 3. The molecular formula is C13H19N5O3. The van der Waals surface area contributed by atoms with Crippen molar-refractivity contribution in [3.05, 3.63) is 5.82 Å². The summed E-state index contributed by atoms with van der Waals surface area (Å²) < 4.78 is 1.83. The average Bonchev–Trinajstić information content (AvgIpc) is 3.04. The van der Waals surface area contributed by atoms with Crippen molar-refractivity contribution in [2.75, 3.05) is 5.32 Å². The Hall–Kier alpha value is -2.12. The van der Waals surface area contributed by atoms with Gasteiger partial charge in [-0.3, -0.25) is 10.1 Å². The van der Waals surface area contributed by atoms with E-state index >= 15 is 0 Å². The minimum absolute atomic E-state index is 0.0941. The lowest BCUT2D eigenvalue weighted by Gasteiger charge is -2.11. The van der Waals surface area contributed by atoms with Crippen molar-refractivity contribution in [3.63, 3.8) is 0 Å². The summed E-state index contributed by atoms with van der Waals surface area (Å²) in [6.45, 7) is 0.842. The van der Waals surface area contributed by atoms with E-state index in [1.54, 1.807) is 0 Å². The van der Waals surface area contributed by atoms with Crippen LogP contribution in [0.4, 0.5) is 10.7 Å². The van der Waals surface area contributed by atoms with Crippen molar-refractivity contribution in [1.82, 2.24) is 20.1 Å². The maximum Gasteiger partial charge on any atom is 0.321 e. The fourth-order valence-electron chi connectivity index (χ4n) is 3.00. The summed E-state index contributed by atoms with van der Waals surface area (Å²) in [7, 11) is 0. The molecule has 0 unspecified atom stereocenters. The van der Waals surface area contributed by atoms with Crippen LogP contribution in [0.15, 0.2) is 0 Å². The van der Waals surface area contributed by atoms with Gasteiger partial charge < -0.3 is 10.4 Å². The molecule has 21 heavy (non-hydrogen) atoms. The molecule has 2 aliphatic rings. The number of fused-ring (bicyclic) bond motifs is 1. The molecule has 1 aromatic heterocycles. The first-order chi connectivity index (χ1) is 10.1. The molecule has 1 aliphatic carbocycles. The molecule has 8 heteroatoms. The number of aryl methyl sites for hydroxylation is 2. The maximum absolute atomic E-state index is 11.9. The minimum Gasteiger partial charge on any atom is -0.481 e. The number of anilines is 1. The van der Waals surface area contributed by atoms with Crippen molar-refractivity contribution in [2.24, 2.45) is 5.92 Å². The van der Waals surface area contributed by atoms with Crippen LogP contribution in [0.3, 0.4) is 0 Å². The quantitative estimate of drug-likeness (QED) is 0.770. The molecule has 3 N–H and O–H groups in total. The number of amides is 2. The van der Waals surface area contributed by atoms with Gasteiger partial charge in [0.05, 0.1) is 5.92 Å². The first-order valence-corrected chi connectivity index (χ1v) is 7.36. The zero-order valence-corrected chi connectivity index (χ0v) is 11.7. The Balaban J connectivity index is 1.52. The van der Waals surface area contributed by atoms with Crippen molar-refractivity contribution in [3.8, 4) is 0 Å². The Morgan fingerprint density at radius 1 is 1.29 bits per heavy atom. The van der Waals surface area contributed by atoms with E-state index in [2.05, 4.69) is 20.7 Å². The molecule has 0 bridgehead atoms. The van der Waals surface area contributed by atoms with Crippen LogP contribution in [0.1, 0.15) is 37.9 Å². The highest BCUT2D eigenvalue weighted by Gasteiger charge is 2.30. The normalized spacial score (nSPS) is 24.4. The SMILES string of the molecule is O=C(Nc1nc2n(n1)CCCC2)N[C@H]1CC[C@@H](C(=O)O)C1. The predicted molar refractivity (Wildman–Crippen MR) is 73.9 cm³/mol. The smallest absolute Gasteiger partial charge is 0.321 e. The van der Waals surface area contributed by atoms with Gasteiger partial charge in [0.15, 0.2) is 0 Å². The summed E-state index contributed by atoms with van der Waals surface area (Å²) in [5, 5.41) is 18.6. The summed E-state index contributed by atoms with van der Waals surface area (Å²) in [5.74, 6) is 0.0806. The zero-order valence-electron chi connectivity index (χ0n) is 11.7. The van der Waals surface area contributed by atoms with E-state index in [1.807, 2.05) is 4.68 Å². The third-order valence-electron chi connectivity index (χ3n) is 4.11. The monoisotopic (exact) mass is 293 g/mol. The number of nitrogens with one attached hydrogen (secondary N) is 2. The van der Waals surface area contributed by atoms with E-state index in [4.69, 9.17) is 5.11 Å². The highest BCUT2D eigenvalue weighted by molar-refractivity contribution is 5.87. The molecule has 1 fully saturated rings. The van der Waals surface area contributed by atoms with Gasteiger partial charge in [-0.25, -0.2) is 9.48 Å². The third kappa shape index (κ3) is 3.14. The van der Waals surface area contributed by atoms with Gasteiger partial charge in [0.2, 0.25) is 5.95 Å². The lowest BCUT2D eigenvalue weighted by molar-refractivity contribution is -0.141. The molecule has 0 radical (unpaired) electrons. The first-order valence-electron chi connectivity index (χ1n) is 7.36. The Kier molecular flexibility index (Phi) is 3.76. The molecule has 2 amide bonds. The van der Waals surface area contributed by atoms with Gasteiger partial charge >= 0.3 is 12.0 Å². The summed E-state index contributed by atoms with van der Waals surface area (Å²) in [6, 6.07) is -0.461. The second-order valence-corrected chi connectivity index (χ2v) is 5.68. The largest absolute Gasteiger partial charge is 0.481 e.